The van der Waals surface area contributed by atoms with E-state index in [9.17, 15) is 8.42 Å². The van der Waals surface area contributed by atoms with Crippen LogP contribution in [-0.4, -0.2) is 40.5 Å². The van der Waals surface area contributed by atoms with E-state index in [1.54, 1.807) is 18.2 Å². The number of imidazole rings is 1. The SMILES string of the molecule is Cc1noc(C)c1S(=O)(=O)N1CCC(Cn2c(C)cnc2C)CC1. The van der Waals surface area contributed by atoms with Crippen molar-refractivity contribution in [1.29, 1.82) is 0 Å². The van der Waals surface area contributed by atoms with Crippen LogP contribution < -0.4 is 0 Å². The predicted molar refractivity (Wildman–Crippen MR) is 89.2 cm³/mol. The normalized spacial score (nSPS) is 17.5. The van der Waals surface area contributed by atoms with Crippen molar-refractivity contribution < 1.29 is 12.9 Å². The average molecular weight is 352 g/mol. The summed E-state index contributed by atoms with van der Waals surface area (Å²) in [7, 11) is -3.52. The van der Waals surface area contributed by atoms with E-state index in [-0.39, 0.29) is 4.90 Å². The molecule has 1 fully saturated rings. The lowest BCUT2D eigenvalue weighted by Gasteiger charge is -2.31. The lowest BCUT2D eigenvalue weighted by atomic mass is 9.98. The lowest BCUT2D eigenvalue weighted by molar-refractivity contribution is 0.250. The third-order valence-electron chi connectivity index (χ3n) is 4.83. The van der Waals surface area contributed by atoms with Crippen molar-refractivity contribution >= 4 is 10.0 Å². The molecule has 0 N–H and O–H groups in total. The van der Waals surface area contributed by atoms with Crippen LogP contribution in [0, 0.1) is 33.6 Å². The summed E-state index contributed by atoms with van der Waals surface area (Å²) in [4.78, 5) is 4.55. The zero-order valence-electron chi connectivity index (χ0n) is 14.6. The molecule has 1 aliphatic rings. The molecular formula is C16H24N4O3S. The molecule has 0 saturated carbocycles. The number of sulfonamides is 1. The van der Waals surface area contributed by atoms with Gasteiger partial charge in [0.25, 0.3) is 0 Å². The van der Waals surface area contributed by atoms with Gasteiger partial charge in [-0.3, -0.25) is 0 Å². The van der Waals surface area contributed by atoms with Crippen LogP contribution in [0.25, 0.3) is 0 Å². The van der Waals surface area contributed by atoms with Gasteiger partial charge in [-0.2, -0.15) is 4.31 Å². The topological polar surface area (TPSA) is 81.2 Å². The van der Waals surface area contributed by atoms with Crippen LogP contribution in [0.3, 0.4) is 0 Å². The highest BCUT2D eigenvalue weighted by molar-refractivity contribution is 7.89. The third-order valence-corrected chi connectivity index (χ3v) is 6.98. The number of piperidine rings is 1. The minimum absolute atomic E-state index is 0.224. The summed E-state index contributed by atoms with van der Waals surface area (Å²) in [5.74, 6) is 1.84. The molecule has 1 saturated heterocycles. The van der Waals surface area contributed by atoms with Gasteiger partial charge in [-0.15, -0.1) is 0 Å². The largest absolute Gasteiger partial charge is 0.360 e. The molecule has 24 heavy (non-hydrogen) atoms. The van der Waals surface area contributed by atoms with Crippen LogP contribution in [0.15, 0.2) is 15.6 Å². The Morgan fingerprint density at radius 2 is 1.88 bits per heavy atom. The smallest absolute Gasteiger partial charge is 0.248 e. The van der Waals surface area contributed by atoms with E-state index in [1.807, 2.05) is 13.1 Å². The number of aryl methyl sites for hydroxylation is 4. The molecule has 3 rings (SSSR count). The summed E-state index contributed by atoms with van der Waals surface area (Å²) in [6, 6.07) is 0. The number of nitrogens with zero attached hydrogens (tertiary/aromatic N) is 4. The van der Waals surface area contributed by atoms with Crippen LogP contribution in [0.5, 0.6) is 0 Å². The van der Waals surface area contributed by atoms with Crippen molar-refractivity contribution in [2.45, 2.75) is 52.0 Å². The third kappa shape index (κ3) is 3.00. The van der Waals surface area contributed by atoms with Crippen LogP contribution >= 0.6 is 0 Å². The molecule has 0 bridgehead atoms. The summed E-state index contributed by atoms with van der Waals surface area (Å²) in [6.45, 7) is 9.33. The summed E-state index contributed by atoms with van der Waals surface area (Å²) in [5.41, 5.74) is 1.58. The first-order chi connectivity index (χ1) is 11.3. The van der Waals surface area contributed by atoms with Crippen LogP contribution in [0.2, 0.25) is 0 Å². The molecule has 1 aliphatic heterocycles. The van der Waals surface area contributed by atoms with E-state index in [0.717, 1.165) is 30.9 Å². The molecule has 0 aromatic carbocycles. The first-order valence-corrected chi connectivity index (χ1v) is 9.66. The van der Waals surface area contributed by atoms with Crippen molar-refractivity contribution in [3.8, 4) is 0 Å². The maximum atomic E-state index is 12.8. The number of hydrogen-bond donors (Lipinski definition) is 0. The van der Waals surface area contributed by atoms with Gasteiger partial charge >= 0.3 is 0 Å². The Labute approximate surface area is 142 Å². The van der Waals surface area contributed by atoms with Gasteiger partial charge in [0.15, 0.2) is 5.76 Å². The van der Waals surface area contributed by atoms with Crippen molar-refractivity contribution in [3.63, 3.8) is 0 Å². The zero-order valence-corrected chi connectivity index (χ0v) is 15.4. The first-order valence-electron chi connectivity index (χ1n) is 8.22. The van der Waals surface area contributed by atoms with Gasteiger partial charge in [0.1, 0.15) is 16.4 Å². The summed E-state index contributed by atoms with van der Waals surface area (Å²) >= 11 is 0. The fourth-order valence-electron chi connectivity index (χ4n) is 3.42. The molecule has 0 spiro atoms. The fourth-order valence-corrected chi connectivity index (χ4v) is 5.18. The summed E-state index contributed by atoms with van der Waals surface area (Å²) in [6.07, 6.45) is 3.58. The van der Waals surface area contributed by atoms with Crippen molar-refractivity contribution in [2.24, 2.45) is 5.92 Å². The van der Waals surface area contributed by atoms with Gasteiger partial charge in [-0.25, -0.2) is 13.4 Å². The minimum Gasteiger partial charge on any atom is -0.360 e. The highest BCUT2D eigenvalue weighted by atomic mass is 32.2. The van der Waals surface area contributed by atoms with Crippen LogP contribution in [0.1, 0.15) is 35.8 Å². The highest BCUT2D eigenvalue weighted by Gasteiger charge is 2.33. The predicted octanol–water partition coefficient (Wildman–Crippen LogP) is 2.21. The molecule has 2 aromatic heterocycles. The standard InChI is InChI=1S/C16H24N4O3S/c1-11-9-17-14(4)20(11)10-15-5-7-19(8-6-15)24(21,22)16-12(2)18-23-13(16)3/h9,15H,5-8,10H2,1-4H3. The molecular weight excluding hydrogens is 328 g/mol. The Hall–Kier alpha value is -1.67. The number of rotatable bonds is 4. The second kappa shape index (κ2) is 6.33. The van der Waals surface area contributed by atoms with E-state index >= 15 is 0 Å². The molecule has 2 aromatic rings. The first kappa shape index (κ1) is 17.2. The van der Waals surface area contributed by atoms with Crippen LogP contribution in [0.4, 0.5) is 0 Å². The second-order valence-corrected chi connectivity index (χ2v) is 8.43. The second-order valence-electron chi connectivity index (χ2n) is 6.56. The Bertz CT molecular complexity index is 791. The van der Waals surface area contributed by atoms with Gasteiger partial charge in [0.05, 0.1) is 0 Å². The van der Waals surface area contributed by atoms with E-state index in [0.29, 0.717) is 30.5 Å². The molecule has 7 nitrogen and oxygen atoms in total. The van der Waals surface area contributed by atoms with Crippen LogP contribution in [-0.2, 0) is 16.6 Å². The van der Waals surface area contributed by atoms with E-state index in [2.05, 4.69) is 21.6 Å². The maximum absolute atomic E-state index is 12.8. The highest BCUT2D eigenvalue weighted by Crippen LogP contribution is 2.28. The Morgan fingerprint density at radius 3 is 2.38 bits per heavy atom. The quantitative estimate of drug-likeness (QED) is 0.842. The fraction of sp³-hybridized carbons (Fsp3) is 0.625. The van der Waals surface area contributed by atoms with Crippen molar-refractivity contribution in [2.75, 3.05) is 13.1 Å². The van der Waals surface area contributed by atoms with E-state index in [1.165, 1.54) is 0 Å². The molecule has 0 atom stereocenters. The summed E-state index contributed by atoms with van der Waals surface area (Å²) < 4.78 is 34.5. The van der Waals surface area contributed by atoms with Gasteiger partial charge < -0.3 is 9.09 Å². The van der Waals surface area contributed by atoms with E-state index < -0.39 is 10.0 Å². The Morgan fingerprint density at radius 1 is 1.21 bits per heavy atom. The zero-order chi connectivity index (χ0) is 17.5. The molecule has 0 aliphatic carbocycles. The number of hydrogen-bond acceptors (Lipinski definition) is 5. The Kier molecular flexibility index (Phi) is 4.52. The van der Waals surface area contributed by atoms with E-state index in [4.69, 9.17) is 4.52 Å². The number of aromatic nitrogens is 3. The monoisotopic (exact) mass is 352 g/mol. The molecule has 3 heterocycles. The van der Waals surface area contributed by atoms with Gasteiger partial charge in [-0.1, -0.05) is 5.16 Å². The van der Waals surface area contributed by atoms with Gasteiger partial charge in [-0.05, 0) is 46.5 Å². The molecule has 0 amide bonds. The van der Waals surface area contributed by atoms with Gasteiger partial charge in [0.2, 0.25) is 10.0 Å². The maximum Gasteiger partial charge on any atom is 0.248 e. The summed E-state index contributed by atoms with van der Waals surface area (Å²) in [5, 5.41) is 3.77. The molecule has 8 heteroatoms. The van der Waals surface area contributed by atoms with Gasteiger partial charge in [0, 0.05) is 31.5 Å². The van der Waals surface area contributed by atoms with Crippen molar-refractivity contribution in [1.82, 2.24) is 19.0 Å². The average Bonchev–Trinajstić information content (AvgIpc) is 3.04. The Balaban J connectivity index is 1.69. The minimum atomic E-state index is -3.52. The lowest BCUT2D eigenvalue weighted by Crippen LogP contribution is -2.39. The molecule has 0 unspecified atom stereocenters. The molecule has 0 radical (unpaired) electrons. The van der Waals surface area contributed by atoms with Crippen molar-refractivity contribution in [3.05, 3.63) is 29.2 Å². The molecule has 132 valence electrons.